The van der Waals surface area contributed by atoms with E-state index in [0.29, 0.717) is 17.3 Å². The molecule has 144 valence electrons. The molecule has 1 saturated heterocycles. The standard InChI is InChI=1S/C20H21N5O2S/c26-19(23-15-1-2-15)17-18-21-7-3-16(25(18)12-22-17)13-4-8-24(9-5-13)20(27)14-6-10-28-11-14/h3,6-7,10-13,15H,1-2,4-5,8-9H2,(H,23,26). The van der Waals surface area contributed by atoms with Crippen LogP contribution >= 0.6 is 11.3 Å². The zero-order chi connectivity index (χ0) is 19.1. The minimum atomic E-state index is -0.147. The molecule has 3 aromatic heterocycles. The van der Waals surface area contributed by atoms with E-state index in [9.17, 15) is 9.59 Å². The number of thiophene rings is 1. The summed E-state index contributed by atoms with van der Waals surface area (Å²) in [6.07, 6.45) is 7.30. The monoisotopic (exact) mass is 395 g/mol. The van der Waals surface area contributed by atoms with Crippen molar-refractivity contribution in [3.05, 3.63) is 52.4 Å². The summed E-state index contributed by atoms with van der Waals surface area (Å²) >= 11 is 1.55. The van der Waals surface area contributed by atoms with Crippen LogP contribution in [0, 0.1) is 0 Å². The van der Waals surface area contributed by atoms with Crippen molar-refractivity contribution in [3.8, 4) is 0 Å². The number of carbonyl (C=O) groups excluding carboxylic acids is 2. The second-order valence-corrected chi connectivity index (χ2v) is 8.26. The Labute approximate surface area is 166 Å². The minimum Gasteiger partial charge on any atom is -0.348 e. The zero-order valence-corrected chi connectivity index (χ0v) is 16.2. The van der Waals surface area contributed by atoms with Crippen LogP contribution in [0.4, 0.5) is 0 Å². The predicted molar refractivity (Wildman–Crippen MR) is 106 cm³/mol. The number of imidazole rings is 1. The maximum Gasteiger partial charge on any atom is 0.274 e. The number of aromatic nitrogens is 3. The zero-order valence-electron chi connectivity index (χ0n) is 15.4. The van der Waals surface area contributed by atoms with Crippen LogP contribution in [0.3, 0.4) is 0 Å². The van der Waals surface area contributed by atoms with Crippen LogP contribution in [0.2, 0.25) is 0 Å². The van der Waals surface area contributed by atoms with Crippen LogP contribution in [0.5, 0.6) is 0 Å². The first-order valence-corrected chi connectivity index (χ1v) is 10.6. The van der Waals surface area contributed by atoms with Crippen LogP contribution in [-0.2, 0) is 0 Å². The predicted octanol–water partition coefficient (Wildman–Crippen LogP) is 2.70. The maximum absolute atomic E-state index is 12.6. The smallest absolute Gasteiger partial charge is 0.274 e. The third-order valence-corrected chi connectivity index (χ3v) is 6.24. The van der Waals surface area contributed by atoms with Gasteiger partial charge in [-0.25, -0.2) is 9.97 Å². The first kappa shape index (κ1) is 17.4. The fourth-order valence-corrected chi connectivity index (χ4v) is 4.47. The second kappa shape index (κ2) is 7.01. The second-order valence-electron chi connectivity index (χ2n) is 7.48. The molecule has 5 rings (SSSR count). The van der Waals surface area contributed by atoms with Crippen LogP contribution in [0.1, 0.15) is 58.1 Å². The molecule has 0 unspecified atom stereocenters. The van der Waals surface area contributed by atoms with Gasteiger partial charge in [-0.3, -0.25) is 14.0 Å². The van der Waals surface area contributed by atoms with E-state index in [1.807, 2.05) is 32.2 Å². The number of likely N-dealkylation sites (tertiary alicyclic amines) is 1. The molecule has 1 saturated carbocycles. The minimum absolute atomic E-state index is 0.112. The van der Waals surface area contributed by atoms with Crippen LogP contribution < -0.4 is 5.32 Å². The average Bonchev–Trinajstić information content (AvgIpc) is 3.21. The van der Waals surface area contributed by atoms with Gasteiger partial charge in [0.1, 0.15) is 6.33 Å². The van der Waals surface area contributed by atoms with Crippen LogP contribution in [0.25, 0.3) is 5.65 Å². The number of rotatable bonds is 4. The highest BCUT2D eigenvalue weighted by Crippen LogP contribution is 2.29. The number of hydrogen-bond acceptors (Lipinski definition) is 5. The summed E-state index contributed by atoms with van der Waals surface area (Å²) in [6, 6.07) is 4.17. The van der Waals surface area contributed by atoms with Gasteiger partial charge in [-0.05, 0) is 43.2 Å². The van der Waals surface area contributed by atoms with Crippen molar-refractivity contribution < 1.29 is 9.59 Å². The molecular formula is C20H21N5O2S. The van der Waals surface area contributed by atoms with E-state index in [2.05, 4.69) is 15.3 Å². The van der Waals surface area contributed by atoms with Crippen molar-refractivity contribution in [2.45, 2.75) is 37.6 Å². The largest absolute Gasteiger partial charge is 0.348 e. The Kier molecular flexibility index (Phi) is 4.35. The molecule has 8 heteroatoms. The number of nitrogens with zero attached hydrogens (tertiary/aromatic N) is 4. The van der Waals surface area contributed by atoms with Gasteiger partial charge in [0.2, 0.25) is 0 Å². The quantitative estimate of drug-likeness (QED) is 0.737. The third kappa shape index (κ3) is 3.17. The molecule has 3 aromatic rings. The maximum atomic E-state index is 12.6. The summed E-state index contributed by atoms with van der Waals surface area (Å²) in [5, 5.41) is 6.82. The SMILES string of the molecule is O=C(NC1CC1)c1ncn2c(C3CCN(C(=O)c4ccsc4)CC3)ccnc12. The summed E-state index contributed by atoms with van der Waals surface area (Å²) < 4.78 is 1.93. The average molecular weight is 395 g/mol. The molecule has 0 bridgehead atoms. The number of piperidine rings is 1. The van der Waals surface area contributed by atoms with E-state index < -0.39 is 0 Å². The Morgan fingerprint density at radius 3 is 2.64 bits per heavy atom. The number of hydrogen-bond donors (Lipinski definition) is 1. The molecule has 1 aliphatic heterocycles. The Bertz CT molecular complexity index is 1020. The topological polar surface area (TPSA) is 79.6 Å². The van der Waals surface area contributed by atoms with Gasteiger partial charge in [0, 0.05) is 42.3 Å². The van der Waals surface area contributed by atoms with Gasteiger partial charge >= 0.3 is 0 Å². The molecule has 0 radical (unpaired) electrons. The first-order valence-electron chi connectivity index (χ1n) is 9.65. The Morgan fingerprint density at radius 1 is 1.11 bits per heavy atom. The van der Waals surface area contributed by atoms with E-state index in [1.54, 1.807) is 23.9 Å². The lowest BCUT2D eigenvalue weighted by molar-refractivity contribution is 0.0712. The van der Waals surface area contributed by atoms with E-state index >= 15 is 0 Å². The Balaban J connectivity index is 1.33. The molecule has 28 heavy (non-hydrogen) atoms. The molecule has 1 aliphatic carbocycles. The van der Waals surface area contributed by atoms with Gasteiger partial charge in [0.15, 0.2) is 11.3 Å². The molecule has 1 N–H and O–H groups in total. The van der Waals surface area contributed by atoms with Gasteiger partial charge in [-0.1, -0.05) is 0 Å². The number of amides is 2. The van der Waals surface area contributed by atoms with Crippen LogP contribution in [-0.4, -0.2) is 50.2 Å². The van der Waals surface area contributed by atoms with Crippen molar-refractivity contribution in [2.75, 3.05) is 13.1 Å². The molecule has 2 fully saturated rings. The fraction of sp³-hybridized carbons (Fsp3) is 0.400. The molecule has 0 aromatic carbocycles. The van der Waals surface area contributed by atoms with Gasteiger partial charge in [-0.2, -0.15) is 11.3 Å². The van der Waals surface area contributed by atoms with Gasteiger partial charge in [-0.15, -0.1) is 0 Å². The van der Waals surface area contributed by atoms with Gasteiger partial charge in [0.05, 0.1) is 5.56 Å². The molecule has 2 aliphatic rings. The number of carbonyl (C=O) groups is 2. The van der Waals surface area contributed by atoms with E-state index in [4.69, 9.17) is 0 Å². The summed E-state index contributed by atoms with van der Waals surface area (Å²) in [6.45, 7) is 1.46. The lowest BCUT2D eigenvalue weighted by Crippen LogP contribution is -2.38. The normalized spacial score (nSPS) is 17.8. The molecular weight excluding hydrogens is 374 g/mol. The highest BCUT2D eigenvalue weighted by Gasteiger charge is 2.28. The van der Waals surface area contributed by atoms with E-state index in [0.717, 1.165) is 50.0 Å². The lowest BCUT2D eigenvalue weighted by Gasteiger charge is -2.32. The third-order valence-electron chi connectivity index (χ3n) is 5.56. The molecule has 0 spiro atoms. The van der Waals surface area contributed by atoms with Gasteiger partial charge in [0.25, 0.3) is 11.8 Å². The molecule has 2 amide bonds. The molecule has 0 atom stereocenters. The molecule has 4 heterocycles. The summed E-state index contributed by atoms with van der Waals surface area (Å²) in [7, 11) is 0. The Hall–Kier alpha value is -2.74. The van der Waals surface area contributed by atoms with E-state index in [-0.39, 0.29) is 17.9 Å². The van der Waals surface area contributed by atoms with Crippen molar-refractivity contribution >= 4 is 28.8 Å². The fourth-order valence-electron chi connectivity index (χ4n) is 3.84. The van der Waals surface area contributed by atoms with E-state index in [1.165, 1.54) is 0 Å². The summed E-state index contributed by atoms with van der Waals surface area (Å²) in [5.41, 5.74) is 2.87. The number of fused-ring (bicyclic) bond motifs is 1. The van der Waals surface area contributed by atoms with Crippen molar-refractivity contribution in [3.63, 3.8) is 0 Å². The summed E-state index contributed by atoms with van der Waals surface area (Å²) in [5.74, 6) is 0.276. The molecule has 7 nitrogen and oxygen atoms in total. The van der Waals surface area contributed by atoms with Crippen molar-refractivity contribution in [2.24, 2.45) is 0 Å². The first-order chi connectivity index (χ1) is 13.7. The summed E-state index contributed by atoms with van der Waals surface area (Å²) in [4.78, 5) is 35.6. The number of nitrogens with one attached hydrogen (secondary N) is 1. The highest BCUT2D eigenvalue weighted by molar-refractivity contribution is 7.08. The lowest BCUT2D eigenvalue weighted by atomic mass is 9.93. The highest BCUT2D eigenvalue weighted by atomic mass is 32.1. The van der Waals surface area contributed by atoms with Crippen LogP contribution in [0.15, 0.2) is 35.4 Å². The van der Waals surface area contributed by atoms with Crippen molar-refractivity contribution in [1.82, 2.24) is 24.6 Å². The van der Waals surface area contributed by atoms with Crippen molar-refractivity contribution in [1.29, 1.82) is 0 Å². The van der Waals surface area contributed by atoms with Gasteiger partial charge < -0.3 is 10.2 Å². The Morgan fingerprint density at radius 2 is 1.93 bits per heavy atom.